The van der Waals surface area contributed by atoms with E-state index in [1.54, 1.807) is 12.2 Å². The molecule has 2 aliphatic heterocycles. The molecule has 0 radical (unpaired) electrons. The Kier molecular flexibility index (Phi) is 4.69. The zero-order valence-electron chi connectivity index (χ0n) is 16.0. The molecule has 2 aromatic carbocycles. The van der Waals surface area contributed by atoms with Crippen LogP contribution in [0.3, 0.4) is 0 Å². The number of nitrogens with zero attached hydrogens (tertiary/aromatic N) is 2. The first-order valence-corrected chi connectivity index (χ1v) is 9.82. The first-order valence-electron chi connectivity index (χ1n) is 9.82. The Balaban J connectivity index is 1.17. The fourth-order valence-corrected chi connectivity index (χ4v) is 3.83. The summed E-state index contributed by atoms with van der Waals surface area (Å²) in [7, 11) is 0. The summed E-state index contributed by atoms with van der Waals surface area (Å²) in [4.78, 5) is 16.8. The van der Waals surface area contributed by atoms with Gasteiger partial charge in [0.15, 0.2) is 11.5 Å². The van der Waals surface area contributed by atoms with Crippen LogP contribution in [0.5, 0.6) is 11.5 Å². The molecule has 1 fully saturated rings. The van der Waals surface area contributed by atoms with E-state index < -0.39 is 0 Å². The highest BCUT2D eigenvalue weighted by Gasteiger charge is 2.23. The highest BCUT2D eigenvalue weighted by atomic mass is 16.7. The van der Waals surface area contributed by atoms with Crippen molar-refractivity contribution in [3.05, 3.63) is 65.9 Å². The third-order valence-electron chi connectivity index (χ3n) is 5.39. The van der Waals surface area contributed by atoms with Crippen LogP contribution in [-0.4, -0.2) is 48.7 Å². The summed E-state index contributed by atoms with van der Waals surface area (Å²) in [5.41, 5.74) is 1.96. The Labute approximate surface area is 168 Å². The summed E-state index contributed by atoms with van der Waals surface area (Å²) in [6, 6.07) is 15.8. The van der Waals surface area contributed by atoms with Gasteiger partial charge in [-0.15, -0.1) is 0 Å². The first kappa shape index (κ1) is 17.8. The number of carbonyl (C=O) groups excluding carboxylic acids is 1. The van der Waals surface area contributed by atoms with Gasteiger partial charge >= 0.3 is 0 Å². The number of carbonyl (C=O) groups is 1. The SMILES string of the molecule is O=C(/C=C/c1cc2ccccc2o1)N1CCN(Cc2cccc3c2OCO3)CC1. The lowest BCUT2D eigenvalue weighted by Crippen LogP contribution is -2.47. The predicted octanol–water partition coefficient (Wildman–Crippen LogP) is 3.52. The summed E-state index contributed by atoms with van der Waals surface area (Å²) in [5, 5.41) is 1.04. The van der Waals surface area contributed by atoms with Gasteiger partial charge in [0.05, 0.1) is 0 Å². The van der Waals surface area contributed by atoms with Gasteiger partial charge in [-0.3, -0.25) is 9.69 Å². The van der Waals surface area contributed by atoms with Crippen LogP contribution < -0.4 is 9.47 Å². The van der Waals surface area contributed by atoms with E-state index in [1.807, 2.05) is 47.4 Å². The number of fused-ring (bicyclic) bond motifs is 2. The minimum atomic E-state index is 0.0162. The van der Waals surface area contributed by atoms with Crippen LogP contribution >= 0.6 is 0 Å². The molecule has 0 unspecified atom stereocenters. The molecule has 3 heterocycles. The van der Waals surface area contributed by atoms with E-state index in [4.69, 9.17) is 13.9 Å². The molecule has 29 heavy (non-hydrogen) atoms. The Morgan fingerprint density at radius 3 is 2.72 bits per heavy atom. The fraction of sp³-hybridized carbons (Fsp3) is 0.261. The van der Waals surface area contributed by atoms with E-state index >= 15 is 0 Å². The van der Waals surface area contributed by atoms with Gasteiger partial charge < -0.3 is 18.8 Å². The minimum absolute atomic E-state index is 0.0162. The molecule has 6 heteroatoms. The average Bonchev–Trinajstić information content (AvgIpc) is 3.39. The van der Waals surface area contributed by atoms with Crippen molar-refractivity contribution >= 4 is 23.0 Å². The number of amides is 1. The second-order valence-electron chi connectivity index (χ2n) is 7.27. The molecule has 0 saturated carbocycles. The van der Waals surface area contributed by atoms with Gasteiger partial charge in [-0.2, -0.15) is 0 Å². The Bertz CT molecular complexity index is 1030. The Hall–Kier alpha value is -3.25. The van der Waals surface area contributed by atoms with E-state index in [0.717, 1.165) is 47.7 Å². The van der Waals surface area contributed by atoms with E-state index in [0.29, 0.717) is 18.8 Å². The molecule has 0 bridgehead atoms. The molecule has 0 aliphatic carbocycles. The van der Waals surface area contributed by atoms with Crippen LogP contribution in [-0.2, 0) is 11.3 Å². The van der Waals surface area contributed by atoms with Crippen LogP contribution in [0.25, 0.3) is 17.0 Å². The molecular weight excluding hydrogens is 368 g/mol. The third kappa shape index (κ3) is 3.71. The van der Waals surface area contributed by atoms with Crippen molar-refractivity contribution in [2.45, 2.75) is 6.54 Å². The van der Waals surface area contributed by atoms with Crippen molar-refractivity contribution in [2.75, 3.05) is 33.0 Å². The minimum Gasteiger partial charge on any atom is -0.457 e. The van der Waals surface area contributed by atoms with Crippen LogP contribution in [0.2, 0.25) is 0 Å². The van der Waals surface area contributed by atoms with Gasteiger partial charge in [-0.1, -0.05) is 30.3 Å². The lowest BCUT2D eigenvalue weighted by atomic mass is 10.1. The molecule has 1 aromatic heterocycles. The fourth-order valence-electron chi connectivity index (χ4n) is 3.83. The zero-order valence-corrected chi connectivity index (χ0v) is 16.0. The number of para-hydroxylation sites is 2. The Morgan fingerprint density at radius 1 is 1.00 bits per heavy atom. The van der Waals surface area contributed by atoms with Gasteiger partial charge in [0.2, 0.25) is 12.7 Å². The standard InChI is InChI=1S/C23H22N2O4/c26-22(9-8-19-14-17-4-1-2-6-20(17)29-19)25-12-10-24(11-13-25)15-18-5-3-7-21-23(18)28-16-27-21/h1-9,14H,10-13,15-16H2/b9-8+. The smallest absolute Gasteiger partial charge is 0.246 e. The molecule has 6 nitrogen and oxygen atoms in total. The Morgan fingerprint density at radius 2 is 1.86 bits per heavy atom. The predicted molar refractivity (Wildman–Crippen MR) is 110 cm³/mol. The molecule has 0 spiro atoms. The second kappa shape index (κ2) is 7.64. The molecule has 0 N–H and O–H groups in total. The number of ether oxygens (including phenoxy) is 2. The number of hydrogen-bond donors (Lipinski definition) is 0. The highest BCUT2D eigenvalue weighted by Crippen LogP contribution is 2.36. The molecular formula is C23H22N2O4. The highest BCUT2D eigenvalue weighted by molar-refractivity contribution is 5.92. The zero-order chi connectivity index (χ0) is 19.6. The van der Waals surface area contributed by atoms with E-state index in [1.165, 1.54) is 0 Å². The maximum atomic E-state index is 12.5. The molecule has 1 saturated heterocycles. The van der Waals surface area contributed by atoms with E-state index in [-0.39, 0.29) is 12.7 Å². The summed E-state index contributed by atoms with van der Waals surface area (Å²) in [6.07, 6.45) is 3.35. The first-order chi connectivity index (χ1) is 14.3. The summed E-state index contributed by atoms with van der Waals surface area (Å²) in [5.74, 6) is 2.37. The normalized spacial score (nSPS) is 16.8. The summed E-state index contributed by atoms with van der Waals surface area (Å²) < 4.78 is 16.8. The molecule has 3 aromatic rings. The van der Waals surface area contributed by atoms with Crippen LogP contribution in [0, 0.1) is 0 Å². The number of benzene rings is 2. The maximum Gasteiger partial charge on any atom is 0.246 e. The van der Waals surface area contributed by atoms with Gasteiger partial charge in [-0.05, 0) is 24.3 Å². The molecule has 5 rings (SSSR count). The average molecular weight is 390 g/mol. The van der Waals surface area contributed by atoms with Crippen molar-refractivity contribution in [3.8, 4) is 11.5 Å². The summed E-state index contributed by atoms with van der Waals surface area (Å²) in [6.45, 7) is 4.14. The van der Waals surface area contributed by atoms with Gasteiger partial charge in [0.1, 0.15) is 11.3 Å². The number of piperazine rings is 1. The van der Waals surface area contributed by atoms with Crippen molar-refractivity contribution in [2.24, 2.45) is 0 Å². The second-order valence-corrected chi connectivity index (χ2v) is 7.27. The topological polar surface area (TPSA) is 55.2 Å². The van der Waals surface area contributed by atoms with Gasteiger partial charge in [0.25, 0.3) is 0 Å². The van der Waals surface area contributed by atoms with Crippen molar-refractivity contribution < 1.29 is 18.7 Å². The van der Waals surface area contributed by atoms with Crippen molar-refractivity contribution in [3.63, 3.8) is 0 Å². The third-order valence-corrected chi connectivity index (χ3v) is 5.39. The van der Waals surface area contributed by atoms with E-state index in [9.17, 15) is 4.79 Å². The maximum absolute atomic E-state index is 12.5. The molecule has 1 amide bonds. The lowest BCUT2D eigenvalue weighted by Gasteiger charge is -2.34. The van der Waals surface area contributed by atoms with Crippen LogP contribution in [0.4, 0.5) is 0 Å². The quantitative estimate of drug-likeness (QED) is 0.638. The van der Waals surface area contributed by atoms with Gasteiger partial charge in [0, 0.05) is 49.7 Å². The van der Waals surface area contributed by atoms with Crippen molar-refractivity contribution in [1.82, 2.24) is 9.80 Å². The number of furan rings is 1. The van der Waals surface area contributed by atoms with Crippen molar-refractivity contribution in [1.29, 1.82) is 0 Å². The lowest BCUT2D eigenvalue weighted by molar-refractivity contribution is -0.127. The number of rotatable bonds is 4. The largest absolute Gasteiger partial charge is 0.457 e. The van der Waals surface area contributed by atoms with E-state index in [2.05, 4.69) is 11.0 Å². The summed E-state index contributed by atoms with van der Waals surface area (Å²) >= 11 is 0. The molecule has 0 atom stereocenters. The number of hydrogen-bond acceptors (Lipinski definition) is 5. The monoisotopic (exact) mass is 390 g/mol. The van der Waals surface area contributed by atoms with Gasteiger partial charge in [-0.25, -0.2) is 0 Å². The van der Waals surface area contributed by atoms with Crippen LogP contribution in [0.1, 0.15) is 11.3 Å². The molecule has 148 valence electrons. The van der Waals surface area contributed by atoms with Crippen LogP contribution in [0.15, 0.2) is 59.0 Å². The molecule has 2 aliphatic rings.